The van der Waals surface area contributed by atoms with Gasteiger partial charge in [0, 0.05) is 18.9 Å². The van der Waals surface area contributed by atoms with Crippen LogP contribution < -0.4 is 4.74 Å². The van der Waals surface area contributed by atoms with E-state index >= 15 is 0 Å². The number of carbonyl (C=O) groups is 1. The van der Waals surface area contributed by atoms with Gasteiger partial charge < -0.3 is 24.8 Å². The molecular formula is C26H36F2O6. The fraction of sp³-hybridized carbons (Fsp3) is 0.654. The first kappa shape index (κ1) is 26.6. The molecule has 6 nitrogen and oxygen atoms in total. The van der Waals surface area contributed by atoms with Crippen molar-refractivity contribution >= 4 is 5.97 Å². The molecule has 1 unspecified atom stereocenters. The zero-order valence-electron chi connectivity index (χ0n) is 19.6. The molecule has 0 spiro atoms. The van der Waals surface area contributed by atoms with Crippen LogP contribution in [0.4, 0.5) is 8.78 Å². The van der Waals surface area contributed by atoms with Crippen LogP contribution >= 0.6 is 0 Å². The lowest BCUT2D eigenvalue weighted by atomic mass is 9.85. The minimum atomic E-state index is -1.10. The minimum Gasteiger partial charge on any atom is -0.487 e. The highest BCUT2D eigenvalue weighted by Crippen LogP contribution is 2.42. The molecule has 3 rings (SSSR count). The predicted octanol–water partition coefficient (Wildman–Crippen LogP) is 4.33. The maximum atomic E-state index is 13.7. The van der Waals surface area contributed by atoms with Crippen molar-refractivity contribution in [2.45, 2.75) is 70.2 Å². The zero-order valence-corrected chi connectivity index (χ0v) is 19.6. The molecule has 7 atom stereocenters. The number of ether oxygens (including phenoxy) is 2. The molecule has 1 aromatic rings. The number of hydrogen-bond acceptors (Lipinski definition) is 5. The Bertz CT molecular complexity index is 832. The van der Waals surface area contributed by atoms with E-state index in [9.17, 15) is 28.9 Å². The van der Waals surface area contributed by atoms with Gasteiger partial charge in [-0.3, -0.25) is 4.79 Å². The monoisotopic (exact) mass is 482 g/mol. The number of aliphatic hydroxyl groups excluding tert-OH is 2. The van der Waals surface area contributed by atoms with Crippen molar-refractivity contribution in [3.63, 3.8) is 0 Å². The van der Waals surface area contributed by atoms with Crippen LogP contribution in [0.1, 0.15) is 51.9 Å². The van der Waals surface area contributed by atoms with Crippen LogP contribution in [-0.4, -0.2) is 52.8 Å². The van der Waals surface area contributed by atoms with Gasteiger partial charge >= 0.3 is 5.97 Å². The summed E-state index contributed by atoms with van der Waals surface area (Å²) in [7, 11) is 0. The number of fused-ring (bicyclic) bond motifs is 1. The van der Waals surface area contributed by atoms with Crippen LogP contribution in [0.2, 0.25) is 0 Å². The lowest BCUT2D eigenvalue weighted by molar-refractivity contribution is -0.142. The van der Waals surface area contributed by atoms with Crippen LogP contribution in [-0.2, 0) is 9.53 Å². The standard InChI is InChI=1S/C26H36F2O6/c1-2-4-17(26(31)32)9-7-16-8-11-20-19(22(30)13-24(20)33-14-16)12-10-18(29)15-34-23-6-3-5-21(27)25(23)28/h3,5-6,10,12,16-20,22,24,29-30H,2,4,7-9,11,13-15H2,1H3,(H,31,32)/t16-,17?,18-,19-,20-,22-,24+/m1/s1. The number of carboxylic acid groups (broad SMARTS) is 1. The van der Waals surface area contributed by atoms with Crippen LogP contribution in [0, 0.1) is 35.3 Å². The highest BCUT2D eigenvalue weighted by Gasteiger charge is 2.43. The molecule has 2 fully saturated rings. The Labute approximate surface area is 199 Å². The average molecular weight is 483 g/mol. The van der Waals surface area contributed by atoms with E-state index in [2.05, 4.69) is 0 Å². The summed E-state index contributed by atoms with van der Waals surface area (Å²) in [5.41, 5.74) is 0. The van der Waals surface area contributed by atoms with Crippen molar-refractivity contribution in [3.05, 3.63) is 42.0 Å². The quantitative estimate of drug-likeness (QED) is 0.406. The van der Waals surface area contributed by atoms with Crippen molar-refractivity contribution in [2.75, 3.05) is 13.2 Å². The summed E-state index contributed by atoms with van der Waals surface area (Å²) in [6.45, 7) is 2.32. The lowest BCUT2D eigenvalue weighted by Crippen LogP contribution is -2.22. The van der Waals surface area contributed by atoms with E-state index in [1.165, 1.54) is 18.2 Å². The predicted molar refractivity (Wildman–Crippen MR) is 122 cm³/mol. The third-order valence-electron chi connectivity index (χ3n) is 7.14. The summed E-state index contributed by atoms with van der Waals surface area (Å²) in [4.78, 5) is 11.4. The normalized spacial score (nSPS) is 28.9. The Hall–Kier alpha value is -2.03. The molecule has 0 aromatic heterocycles. The Morgan fingerprint density at radius 3 is 2.82 bits per heavy atom. The van der Waals surface area contributed by atoms with Crippen LogP contribution in [0.5, 0.6) is 5.75 Å². The zero-order chi connectivity index (χ0) is 24.7. The molecule has 1 aliphatic heterocycles. The number of aliphatic carboxylic acids is 1. The minimum absolute atomic E-state index is 0.0738. The van der Waals surface area contributed by atoms with Crippen molar-refractivity contribution < 1.29 is 38.4 Å². The molecule has 1 heterocycles. The maximum absolute atomic E-state index is 13.7. The van der Waals surface area contributed by atoms with Crippen molar-refractivity contribution in [2.24, 2.45) is 23.7 Å². The second kappa shape index (κ2) is 12.6. The summed E-state index contributed by atoms with van der Waals surface area (Å²) < 4.78 is 38.3. The van der Waals surface area contributed by atoms with Gasteiger partial charge in [-0.15, -0.1) is 0 Å². The topological polar surface area (TPSA) is 96.2 Å². The Morgan fingerprint density at radius 1 is 1.29 bits per heavy atom. The molecule has 190 valence electrons. The van der Waals surface area contributed by atoms with Gasteiger partial charge in [-0.05, 0) is 56.1 Å². The first-order valence-electron chi connectivity index (χ1n) is 12.3. The number of carboxylic acids is 1. The van der Waals surface area contributed by atoms with Crippen LogP contribution in [0.25, 0.3) is 0 Å². The SMILES string of the molecule is CCCC(CC[C@@H]1CC[C@@H]2[C@@H](C=C[C@@H](O)COc3cccc(F)c3F)[C@H](O)C[C@@H]2OC1)C(=O)O. The Balaban J connectivity index is 1.51. The van der Waals surface area contributed by atoms with E-state index in [0.717, 1.165) is 31.7 Å². The van der Waals surface area contributed by atoms with Gasteiger partial charge in [0.15, 0.2) is 11.6 Å². The van der Waals surface area contributed by atoms with E-state index < -0.39 is 29.8 Å². The smallest absolute Gasteiger partial charge is 0.306 e. The summed E-state index contributed by atoms with van der Waals surface area (Å²) in [6.07, 6.45) is 6.87. The van der Waals surface area contributed by atoms with Crippen molar-refractivity contribution in [3.8, 4) is 5.75 Å². The van der Waals surface area contributed by atoms with Crippen LogP contribution in [0.3, 0.4) is 0 Å². The fourth-order valence-corrected chi connectivity index (χ4v) is 5.20. The molecule has 34 heavy (non-hydrogen) atoms. The van der Waals surface area contributed by atoms with Gasteiger partial charge in [0.05, 0.1) is 18.1 Å². The Morgan fingerprint density at radius 2 is 2.09 bits per heavy atom. The van der Waals surface area contributed by atoms with Crippen molar-refractivity contribution in [1.82, 2.24) is 0 Å². The average Bonchev–Trinajstić information content (AvgIpc) is 2.96. The first-order chi connectivity index (χ1) is 16.3. The molecule has 1 aromatic carbocycles. The van der Waals surface area contributed by atoms with E-state index in [1.807, 2.05) is 6.92 Å². The molecule has 0 radical (unpaired) electrons. The number of aliphatic hydroxyl groups is 2. The highest BCUT2D eigenvalue weighted by molar-refractivity contribution is 5.69. The lowest BCUT2D eigenvalue weighted by Gasteiger charge is -2.21. The number of halogens is 2. The molecule has 0 amide bonds. The van der Waals surface area contributed by atoms with Gasteiger partial charge in [0.1, 0.15) is 12.7 Å². The van der Waals surface area contributed by atoms with Crippen LogP contribution in [0.15, 0.2) is 30.4 Å². The molecular weight excluding hydrogens is 446 g/mol. The third kappa shape index (κ3) is 6.99. The molecule has 3 N–H and O–H groups in total. The molecule has 1 saturated carbocycles. The van der Waals surface area contributed by atoms with Gasteiger partial charge in [0.25, 0.3) is 0 Å². The third-order valence-corrected chi connectivity index (χ3v) is 7.14. The number of rotatable bonds is 11. The van der Waals surface area contributed by atoms with Gasteiger partial charge in [-0.25, -0.2) is 4.39 Å². The molecule has 2 aliphatic rings. The fourth-order valence-electron chi connectivity index (χ4n) is 5.20. The van der Waals surface area contributed by atoms with E-state index in [0.29, 0.717) is 31.8 Å². The van der Waals surface area contributed by atoms with Gasteiger partial charge in [-0.1, -0.05) is 31.6 Å². The summed E-state index contributed by atoms with van der Waals surface area (Å²) >= 11 is 0. The largest absolute Gasteiger partial charge is 0.487 e. The molecule has 8 heteroatoms. The summed E-state index contributed by atoms with van der Waals surface area (Å²) in [5.74, 6) is -3.20. The number of benzene rings is 1. The van der Waals surface area contributed by atoms with Crippen molar-refractivity contribution in [1.29, 1.82) is 0 Å². The first-order valence-corrected chi connectivity index (χ1v) is 12.3. The second-order valence-electron chi connectivity index (χ2n) is 9.58. The molecule has 1 aliphatic carbocycles. The number of hydrogen-bond donors (Lipinski definition) is 3. The maximum Gasteiger partial charge on any atom is 0.306 e. The highest BCUT2D eigenvalue weighted by atomic mass is 19.2. The molecule has 1 saturated heterocycles. The van der Waals surface area contributed by atoms with E-state index in [1.54, 1.807) is 6.08 Å². The van der Waals surface area contributed by atoms with Gasteiger partial charge in [-0.2, -0.15) is 4.39 Å². The summed E-state index contributed by atoms with van der Waals surface area (Å²) in [5, 5.41) is 30.2. The summed E-state index contributed by atoms with van der Waals surface area (Å²) in [6, 6.07) is 3.61. The van der Waals surface area contributed by atoms with E-state index in [-0.39, 0.29) is 36.2 Å². The molecule has 0 bridgehead atoms. The van der Waals surface area contributed by atoms with E-state index in [4.69, 9.17) is 9.47 Å². The van der Waals surface area contributed by atoms with Gasteiger partial charge in [0.2, 0.25) is 5.82 Å². The Kier molecular flexibility index (Phi) is 9.85. The second-order valence-corrected chi connectivity index (χ2v) is 9.58.